The van der Waals surface area contributed by atoms with Gasteiger partial charge in [0, 0.05) is 11.9 Å². The van der Waals surface area contributed by atoms with Crippen LogP contribution in [-0.4, -0.2) is 39.9 Å². The molecule has 2 heterocycles. The van der Waals surface area contributed by atoms with E-state index >= 15 is 0 Å². The summed E-state index contributed by atoms with van der Waals surface area (Å²) in [7, 11) is 1.51. The van der Waals surface area contributed by atoms with Crippen molar-refractivity contribution in [3.63, 3.8) is 0 Å². The third-order valence-corrected chi connectivity index (χ3v) is 6.16. The van der Waals surface area contributed by atoms with Crippen LogP contribution in [0.3, 0.4) is 0 Å². The second-order valence-corrected chi connectivity index (χ2v) is 8.35. The zero-order chi connectivity index (χ0) is 25.4. The lowest BCUT2D eigenvalue weighted by Crippen LogP contribution is -2.30. The van der Waals surface area contributed by atoms with Gasteiger partial charge in [-0.15, -0.1) is 0 Å². The minimum Gasteiger partial charge on any atom is -0.503 e. The Balaban J connectivity index is 1.58. The number of methoxy groups -OCH3 is 1. The number of hydrogen-bond acceptors (Lipinski definition) is 6. The molecule has 0 saturated heterocycles. The molecule has 8 heteroatoms. The SMILES string of the molecule is COc1cccc(C2C(C(=O)c3cc4ccccc4o3)=C(O)C(=O)N2Cc2ccc(C(=O)O)cc2)c1. The molecule has 3 aromatic carbocycles. The van der Waals surface area contributed by atoms with Crippen LogP contribution in [0.4, 0.5) is 0 Å². The Morgan fingerprint density at radius 2 is 1.75 bits per heavy atom. The number of rotatable bonds is 7. The lowest BCUT2D eigenvalue weighted by Gasteiger charge is -2.27. The maximum absolute atomic E-state index is 13.6. The number of carbonyl (C=O) groups is 3. The standard InChI is InChI=1S/C28H21NO7/c1-35-20-7-4-6-19(13-20)24-23(25(30)22-14-18-5-2-3-8-21(18)36-22)26(31)27(32)29(24)15-16-9-11-17(12-10-16)28(33)34/h2-14,24,31H,15H2,1H3,(H,33,34). The van der Waals surface area contributed by atoms with E-state index in [0.717, 1.165) is 5.39 Å². The molecule has 5 rings (SSSR count). The molecular formula is C28H21NO7. The molecule has 0 bridgehead atoms. The summed E-state index contributed by atoms with van der Waals surface area (Å²) in [6, 6.07) is 20.8. The average Bonchev–Trinajstić information content (AvgIpc) is 3.44. The Hall–Kier alpha value is -4.85. The van der Waals surface area contributed by atoms with E-state index in [4.69, 9.17) is 9.15 Å². The molecule has 180 valence electrons. The van der Waals surface area contributed by atoms with E-state index < -0.39 is 29.5 Å². The van der Waals surface area contributed by atoms with Crippen molar-refractivity contribution in [3.05, 3.63) is 113 Å². The van der Waals surface area contributed by atoms with Gasteiger partial charge in [0.05, 0.1) is 24.3 Å². The maximum Gasteiger partial charge on any atom is 0.335 e. The average molecular weight is 483 g/mol. The van der Waals surface area contributed by atoms with Crippen LogP contribution in [0.2, 0.25) is 0 Å². The van der Waals surface area contributed by atoms with Crippen LogP contribution >= 0.6 is 0 Å². The summed E-state index contributed by atoms with van der Waals surface area (Å²) in [4.78, 5) is 39.5. The smallest absolute Gasteiger partial charge is 0.335 e. The van der Waals surface area contributed by atoms with Gasteiger partial charge in [0.15, 0.2) is 11.5 Å². The molecule has 8 nitrogen and oxygen atoms in total. The molecular weight excluding hydrogens is 462 g/mol. The third-order valence-electron chi connectivity index (χ3n) is 6.16. The normalized spacial score (nSPS) is 15.5. The summed E-state index contributed by atoms with van der Waals surface area (Å²) >= 11 is 0. The van der Waals surface area contributed by atoms with Gasteiger partial charge in [0.1, 0.15) is 11.3 Å². The van der Waals surface area contributed by atoms with Crippen LogP contribution in [0.15, 0.2) is 94.6 Å². The van der Waals surface area contributed by atoms with Crippen molar-refractivity contribution < 1.29 is 33.8 Å². The number of carboxylic acid groups (broad SMARTS) is 1. The molecule has 1 amide bonds. The fourth-order valence-electron chi connectivity index (χ4n) is 4.38. The van der Waals surface area contributed by atoms with E-state index in [1.54, 1.807) is 60.7 Å². The molecule has 2 N–H and O–H groups in total. The number of fused-ring (bicyclic) bond motifs is 1. The number of ketones is 1. The number of amides is 1. The van der Waals surface area contributed by atoms with Crippen molar-refractivity contribution in [3.8, 4) is 5.75 Å². The van der Waals surface area contributed by atoms with Gasteiger partial charge in [0.25, 0.3) is 5.91 Å². The monoisotopic (exact) mass is 483 g/mol. The fourth-order valence-corrected chi connectivity index (χ4v) is 4.38. The number of para-hydroxylation sites is 1. The van der Waals surface area contributed by atoms with Crippen LogP contribution in [0.5, 0.6) is 5.75 Å². The van der Waals surface area contributed by atoms with E-state index in [2.05, 4.69) is 0 Å². The number of ether oxygens (including phenoxy) is 1. The zero-order valence-corrected chi connectivity index (χ0v) is 19.2. The van der Waals surface area contributed by atoms with Crippen molar-refractivity contribution in [2.45, 2.75) is 12.6 Å². The van der Waals surface area contributed by atoms with E-state index in [0.29, 0.717) is 22.5 Å². The number of Topliss-reactive ketones (excluding diaryl/α,β-unsaturated/α-hetero) is 1. The number of aliphatic hydroxyl groups excluding tert-OH is 1. The Bertz CT molecular complexity index is 1500. The van der Waals surface area contributed by atoms with Gasteiger partial charge in [-0.05, 0) is 47.5 Å². The number of aromatic carboxylic acids is 1. The Morgan fingerprint density at radius 1 is 1.00 bits per heavy atom. The Morgan fingerprint density at radius 3 is 2.44 bits per heavy atom. The summed E-state index contributed by atoms with van der Waals surface area (Å²) < 4.78 is 11.1. The zero-order valence-electron chi connectivity index (χ0n) is 19.2. The molecule has 1 atom stereocenters. The molecule has 0 radical (unpaired) electrons. The highest BCUT2D eigenvalue weighted by molar-refractivity contribution is 6.16. The minimum absolute atomic E-state index is 0.00565. The van der Waals surface area contributed by atoms with Crippen molar-refractivity contribution >= 4 is 28.6 Å². The first-order chi connectivity index (χ1) is 17.4. The molecule has 36 heavy (non-hydrogen) atoms. The van der Waals surface area contributed by atoms with Gasteiger partial charge in [-0.25, -0.2) is 4.79 Å². The van der Waals surface area contributed by atoms with Gasteiger partial charge in [-0.3, -0.25) is 9.59 Å². The first kappa shape index (κ1) is 22.9. The maximum atomic E-state index is 13.6. The lowest BCUT2D eigenvalue weighted by molar-refractivity contribution is -0.130. The molecule has 1 aliphatic heterocycles. The Kier molecular flexibility index (Phi) is 5.77. The van der Waals surface area contributed by atoms with E-state index in [9.17, 15) is 24.6 Å². The first-order valence-electron chi connectivity index (χ1n) is 11.1. The molecule has 1 unspecified atom stereocenters. The summed E-state index contributed by atoms with van der Waals surface area (Å²) in [6.07, 6.45) is 0. The highest BCUT2D eigenvalue weighted by Gasteiger charge is 2.44. The third kappa shape index (κ3) is 3.98. The number of carbonyl (C=O) groups excluding carboxylic acids is 2. The molecule has 0 fully saturated rings. The largest absolute Gasteiger partial charge is 0.503 e. The van der Waals surface area contributed by atoms with Gasteiger partial charge in [-0.1, -0.05) is 42.5 Å². The van der Waals surface area contributed by atoms with Crippen molar-refractivity contribution in [1.82, 2.24) is 4.90 Å². The number of nitrogens with zero attached hydrogens (tertiary/aromatic N) is 1. The van der Waals surface area contributed by atoms with Crippen LogP contribution in [0.1, 0.15) is 38.1 Å². The number of furan rings is 1. The predicted octanol–water partition coefficient (Wildman–Crippen LogP) is 4.92. The summed E-state index contributed by atoms with van der Waals surface area (Å²) in [5.74, 6) is -2.52. The highest BCUT2D eigenvalue weighted by Crippen LogP contribution is 2.41. The fraction of sp³-hybridized carbons (Fsp3) is 0.107. The van der Waals surface area contributed by atoms with Gasteiger partial charge >= 0.3 is 5.97 Å². The van der Waals surface area contributed by atoms with E-state index in [1.807, 2.05) is 6.07 Å². The summed E-state index contributed by atoms with van der Waals surface area (Å²) in [6.45, 7) is 0.0293. The second-order valence-electron chi connectivity index (χ2n) is 8.35. The highest BCUT2D eigenvalue weighted by atomic mass is 16.5. The van der Waals surface area contributed by atoms with Crippen LogP contribution < -0.4 is 4.74 Å². The summed E-state index contributed by atoms with van der Waals surface area (Å²) in [5.41, 5.74) is 1.71. The molecule has 0 spiro atoms. The van der Waals surface area contributed by atoms with Crippen LogP contribution in [0, 0.1) is 0 Å². The molecule has 1 aromatic heterocycles. The van der Waals surface area contributed by atoms with E-state index in [-0.39, 0.29) is 23.4 Å². The van der Waals surface area contributed by atoms with Crippen molar-refractivity contribution in [1.29, 1.82) is 0 Å². The van der Waals surface area contributed by atoms with Gasteiger partial charge in [0.2, 0.25) is 5.78 Å². The predicted molar refractivity (Wildman–Crippen MR) is 130 cm³/mol. The second kappa shape index (κ2) is 9.07. The first-order valence-corrected chi connectivity index (χ1v) is 11.1. The van der Waals surface area contributed by atoms with Gasteiger partial charge in [-0.2, -0.15) is 0 Å². The summed E-state index contributed by atoms with van der Waals surface area (Å²) in [5, 5.41) is 20.8. The van der Waals surface area contributed by atoms with Crippen molar-refractivity contribution in [2.24, 2.45) is 0 Å². The number of carboxylic acids is 1. The molecule has 0 aliphatic carbocycles. The van der Waals surface area contributed by atoms with Crippen molar-refractivity contribution in [2.75, 3.05) is 7.11 Å². The number of benzene rings is 3. The molecule has 1 aliphatic rings. The minimum atomic E-state index is -1.06. The van der Waals surface area contributed by atoms with Crippen LogP contribution in [0.25, 0.3) is 11.0 Å². The lowest BCUT2D eigenvalue weighted by atomic mass is 9.94. The molecule has 4 aromatic rings. The number of aliphatic hydroxyl groups is 1. The van der Waals surface area contributed by atoms with E-state index in [1.165, 1.54) is 24.1 Å². The van der Waals surface area contributed by atoms with Gasteiger partial charge < -0.3 is 24.3 Å². The molecule has 0 saturated carbocycles. The number of hydrogen-bond donors (Lipinski definition) is 2. The Labute approximate surface area is 205 Å². The topological polar surface area (TPSA) is 117 Å². The quantitative estimate of drug-likeness (QED) is 0.358. The van der Waals surface area contributed by atoms with Crippen LogP contribution in [-0.2, 0) is 11.3 Å².